The van der Waals surface area contributed by atoms with Gasteiger partial charge in [-0.2, -0.15) is 0 Å². The predicted octanol–water partition coefficient (Wildman–Crippen LogP) is -0.202. The Bertz CT molecular complexity index is 727. The lowest BCUT2D eigenvalue weighted by Crippen LogP contribution is -2.38. The molecule has 1 saturated heterocycles. The summed E-state index contributed by atoms with van der Waals surface area (Å²) in [6.45, 7) is 0.388. The molecule has 3 atom stereocenters. The number of hydrogen-bond donors (Lipinski definition) is 4. The summed E-state index contributed by atoms with van der Waals surface area (Å²) in [5.74, 6) is 0.207. The highest BCUT2D eigenvalue weighted by Crippen LogP contribution is 2.27. The number of aromatic amines is 1. The first-order chi connectivity index (χ1) is 10.7. The molecule has 1 fully saturated rings. The highest BCUT2D eigenvalue weighted by molar-refractivity contribution is 5.86. The first-order valence-electron chi connectivity index (χ1n) is 6.72. The summed E-state index contributed by atoms with van der Waals surface area (Å²) in [6, 6.07) is -0.529. The van der Waals surface area contributed by atoms with Crippen LogP contribution in [-0.2, 0) is 6.54 Å². The molecule has 0 amide bonds. The Morgan fingerprint density at radius 3 is 3.00 bits per heavy atom. The number of hydrogen-bond acceptors (Lipinski definition) is 7. The van der Waals surface area contributed by atoms with Gasteiger partial charge in [0, 0.05) is 29.8 Å². The molecule has 1 aliphatic rings. The highest BCUT2D eigenvalue weighted by Gasteiger charge is 2.39. The lowest BCUT2D eigenvalue weighted by atomic mass is 10.1. The number of nitrogens with one attached hydrogen (secondary N) is 1. The number of aliphatic hydroxyl groups excluding tert-OH is 3. The van der Waals surface area contributed by atoms with Crippen molar-refractivity contribution < 1.29 is 15.3 Å². The summed E-state index contributed by atoms with van der Waals surface area (Å²) in [5.41, 5.74) is 10.5. The van der Waals surface area contributed by atoms with Gasteiger partial charge in [-0.3, -0.25) is 4.90 Å². The van der Waals surface area contributed by atoms with E-state index in [0.29, 0.717) is 17.6 Å². The number of β-amino-alcohol motifs (C(OH)–C–C–N with tert-alkyl or cyclic N) is 1. The molecule has 2 aromatic rings. The second-order valence-electron chi connectivity index (χ2n) is 5.16. The van der Waals surface area contributed by atoms with Gasteiger partial charge in [0.1, 0.15) is 6.33 Å². The second-order valence-corrected chi connectivity index (χ2v) is 5.16. The van der Waals surface area contributed by atoms with Gasteiger partial charge in [-0.15, -0.1) is 0 Å². The average Bonchev–Trinajstić information content (AvgIpc) is 3.03. The van der Waals surface area contributed by atoms with Gasteiger partial charge in [0.2, 0.25) is 0 Å². The third kappa shape index (κ3) is 2.39. The minimum absolute atomic E-state index is 0.207. The van der Waals surface area contributed by atoms with E-state index in [1.54, 1.807) is 11.1 Å². The van der Waals surface area contributed by atoms with E-state index in [9.17, 15) is 15.3 Å². The number of azide groups is 1. The molecule has 0 unspecified atom stereocenters. The summed E-state index contributed by atoms with van der Waals surface area (Å²) < 4.78 is 0. The van der Waals surface area contributed by atoms with Crippen molar-refractivity contribution in [2.45, 2.75) is 24.8 Å². The van der Waals surface area contributed by atoms with Crippen LogP contribution in [0.25, 0.3) is 21.5 Å². The van der Waals surface area contributed by atoms with Crippen molar-refractivity contribution >= 4 is 16.9 Å². The van der Waals surface area contributed by atoms with E-state index in [1.807, 2.05) is 0 Å². The SMILES string of the molecule is [N-]=[N+]=Nc1ncnc2c(CN3C[C@H](O)[C@H](O)[C@H]3CO)c[nH]c12. The van der Waals surface area contributed by atoms with Gasteiger partial charge in [-0.1, -0.05) is 0 Å². The van der Waals surface area contributed by atoms with Gasteiger partial charge >= 0.3 is 0 Å². The molecule has 3 rings (SSSR count). The Balaban J connectivity index is 1.92. The van der Waals surface area contributed by atoms with Crippen LogP contribution in [0, 0.1) is 0 Å². The van der Waals surface area contributed by atoms with Crippen LogP contribution in [0.2, 0.25) is 0 Å². The molecule has 0 radical (unpaired) electrons. The van der Waals surface area contributed by atoms with Crippen molar-refractivity contribution in [3.63, 3.8) is 0 Å². The topological polar surface area (TPSA) is 154 Å². The molecule has 0 aliphatic carbocycles. The van der Waals surface area contributed by atoms with Crippen LogP contribution in [0.3, 0.4) is 0 Å². The Kier molecular flexibility index (Phi) is 3.92. The van der Waals surface area contributed by atoms with Crippen molar-refractivity contribution in [2.24, 2.45) is 5.11 Å². The van der Waals surface area contributed by atoms with Crippen LogP contribution < -0.4 is 0 Å². The van der Waals surface area contributed by atoms with E-state index in [2.05, 4.69) is 25.0 Å². The second kappa shape index (κ2) is 5.87. The quantitative estimate of drug-likeness (QED) is 0.348. The molecule has 0 saturated carbocycles. The third-order valence-corrected chi connectivity index (χ3v) is 3.90. The lowest BCUT2D eigenvalue weighted by Gasteiger charge is -2.23. The first-order valence-corrected chi connectivity index (χ1v) is 6.72. The number of likely N-dealkylation sites (tertiary alicyclic amines) is 1. The van der Waals surface area contributed by atoms with Crippen LogP contribution in [0.4, 0.5) is 5.82 Å². The zero-order valence-electron chi connectivity index (χ0n) is 11.5. The monoisotopic (exact) mass is 305 g/mol. The Hall–Kier alpha value is -2.23. The van der Waals surface area contributed by atoms with Crippen LogP contribution in [0.5, 0.6) is 0 Å². The van der Waals surface area contributed by atoms with E-state index >= 15 is 0 Å². The molecule has 0 bridgehead atoms. The van der Waals surface area contributed by atoms with Crippen molar-refractivity contribution in [3.8, 4) is 0 Å². The highest BCUT2D eigenvalue weighted by atomic mass is 16.3. The van der Waals surface area contributed by atoms with Crippen LogP contribution >= 0.6 is 0 Å². The largest absolute Gasteiger partial charge is 0.395 e. The lowest BCUT2D eigenvalue weighted by molar-refractivity contribution is 0.0210. The van der Waals surface area contributed by atoms with Crippen LogP contribution in [0.15, 0.2) is 17.6 Å². The summed E-state index contributed by atoms with van der Waals surface area (Å²) in [7, 11) is 0. The summed E-state index contributed by atoms with van der Waals surface area (Å²) in [6.07, 6.45) is 1.14. The smallest absolute Gasteiger partial charge is 0.154 e. The van der Waals surface area contributed by atoms with Gasteiger partial charge in [0.25, 0.3) is 0 Å². The first kappa shape index (κ1) is 14.7. The van der Waals surface area contributed by atoms with Gasteiger partial charge in [-0.05, 0) is 10.6 Å². The maximum atomic E-state index is 9.84. The van der Waals surface area contributed by atoms with Crippen LogP contribution in [-0.4, -0.2) is 66.6 Å². The van der Waals surface area contributed by atoms with E-state index in [4.69, 9.17) is 5.53 Å². The van der Waals surface area contributed by atoms with E-state index < -0.39 is 18.2 Å². The molecule has 10 heteroatoms. The van der Waals surface area contributed by atoms with Gasteiger partial charge in [0.05, 0.1) is 35.9 Å². The molecule has 10 nitrogen and oxygen atoms in total. The predicted molar refractivity (Wildman–Crippen MR) is 76.0 cm³/mol. The Labute approximate surface area is 124 Å². The van der Waals surface area contributed by atoms with E-state index in [0.717, 1.165) is 5.56 Å². The molecule has 0 aromatic carbocycles. The maximum Gasteiger partial charge on any atom is 0.154 e. The summed E-state index contributed by atoms with van der Waals surface area (Å²) in [5, 5.41) is 32.5. The number of fused-ring (bicyclic) bond motifs is 1. The van der Waals surface area contributed by atoms with Crippen molar-refractivity contribution in [2.75, 3.05) is 13.2 Å². The zero-order valence-corrected chi connectivity index (χ0v) is 11.5. The van der Waals surface area contributed by atoms with Crippen molar-refractivity contribution in [3.05, 3.63) is 28.5 Å². The fourth-order valence-corrected chi connectivity index (χ4v) is 2.80. The molecular weight excluding hydrogens is 290 g/mol. The minimum Gasteiger partial charge on any atom is -0.395 e. The average molecular weight is 305 g/mol. The van der Waals surface area contributed by atoms with Gasteiger partial charge in [-0.25, -0.2) is 9.97 Å². The standard InChI is InChI=1S/C12H15N7O3/c13-18-17-12-10-9(15-5-16-12)6(1-14-10)2-19-3-8(21)11(22)7(19)4-20/h1,5,7-8,11,14,20-22H,2-4H2/t7-,8+,11-/m1/s1. The zero-order chi connectivity index (χ0) is 15.7. The molecule has 0 spiro atoms. The number of rotatable bonds is 4. The molecule has 1 aliphatic heterocycles. The van der Waals surface area contributed by atoms with Crippen molar-refractivity contribution in [1.82, 2.24) is 19.9 Å². The van der Waals surface area contributed by atoms with Gasteiger partial charge < -0.3 is 20.3 Å². The number of aliphatic hydroxyl groups is 3. The van der Waals surface area contributed by atoms with Gasteiger partial charge in [0.15, 0.2) is 5.82 Å². The van der Waals surface area contributed by atoms with Crippen LogP contribution in [0.1, 0.15) is 5.56 Å². The number of aromatic nitrogens is 3. The minimum atomic E-state index is -0.983. The van der Waals surface area contributed by atoms with E-state index in [1.165, 1.54) is 6.33 Å². The molecule has 3 heterocycles. The van der Waals surface area contributed by atoms with E-state index in [-0.39, 0.29) is 19.0 Å². The maximum absolute atomic E-state index is 9.84. The molecule has 2 aromatic heterocycles. The molecule has 22 heavy (non-hydrogen) atoms. The van der Waals surface area contributed by atoms with Crippen molar-refractivity contribution in [1.29, 1.82) is 0 Å². The molecule has 4 N–H and O–H groups in total. The Morgan fingerprint density at radius 1 is 1.45 bits per heavy atom. The number of nitrogens with zero attached hydrogens (tertiary/aromatic N) is 6. The summed E-state index contributed by atoms with van der Waals surface area (Å²) in [4.78, 5) is 15.5. The normalized spacial score (nSPS) is 25.5. The third-order valence-electron chi connectivity index (χ3n) is 3.90. The Morgan fingerprint density at radius 2 is 2.27 bits per heavy atom. The molecular formula is C12H15N7O3. The molecule has 116 valence electrons. The fraction of sp³-hybridized carbons (Fsp3) is 0.500. The summed E-state index contributed by atoms with van der Waals surface area (Å²) >= 11 is 0. The number of H-pyrrole nitrogens is 1. The fourth-order valence-electron chi connectivity index (χ4n) is 2.80.